The fourth-order valence-corrected chi connectivity index (χ4v) is 3.34. The molecule has 138 valence electrons. The van der Waals surface area contributed by atoms with Crippen LogP contribution >= 0.6 is 0 Å². The zero-order valence-electron chi connectivity index (χ0n) is 16.0. The van der Waals surface area contributed by atoms with Crippen molar-refractivity contribution in [2.45, 2.75) is 33.1 Å². The van der Waals surface area contributed by atoms with E-state index in [4.69, 9.17) is 0 Å². The first kappa shape index (κ1) is 19.3. The van der Waals surface area contributed by atoms with Gasteiger partial charge in [-0.05, 0) is 37.5 Å². The monoisotopic (exact) mass is 345 g/mol. The molecule has 1 aliphatic heterocycles. The van der Waals surface area contributed by atoms with Crippen molar-refractivity contribution >= 4 is 17.5 Å². The SMILES string of the molecule is CCC(CC)C(=O)N1CCCN(C(=O)c2cccc(N(C)C)c2)CC1. The molecular weight excluding hydrogens is 314 g/mol. The van der Waals surface area contributed by atoms with E-state index in [9.17, 15) is 9.59 Å². The Morgan fingerprint density at radius 3 is 2.32 bits per heavy atom. The average Bonchev–Trinajstić information content (AvgIpc) is 2.88. The van der Waals surface area contributed by atoms with Crippen LogP contribution in [0, 0.1) is 5.92 Å². The van der Waals surface area contributed by atoms with Crippen molar-refractivity contribution in [2.24, 2.45) is 5.92 Å². The number of hydrogen-bond donors (Lipinski definition) is 0. The van der Waals surface area contributed by atoms with Gasteiger partial charge in [0.05, 0.1) is 0 Å². The number of nitrogens with zero attached hydrogens (tertiary/aromatic N) is 3. The smallest absolute Gasteiger partial charge is 0.253 e. The molecule has 0 bridgehead atoms. The Balaban J connectivity index is 2.04. The van der Waals surface area contributed by atoms with Crippen molar-refractivity contribution < 1.29 is 9.59 Å². The summed E-state index contributed by atoms with van der Waals surface area (Å²) in [5.74, 6) is 0.411. The maximum absolute atomic E-state index is 12.9. The summed E-state index contributed by atoms with van der Waals surface area (Å²) in [6, 6.07) is 7.71. The van der Waals surface area contributed by atoms with E-state index >= 15 is 0 Å². The summed E-state index contributed by atoms with van der Waals surface area (Å²) < 4.78 is 0. The minimum atomic E-state index is 0.0560. The third-order valence-corrected chi connectivity index (χ3v) is 5.04. The van der Waals surface area contributed by atoms with Crippen molar-refractivity contribution in [1.82, 2.24) is 9.80 Å². The Kier molecular flexibility index (Phi) is 6.85. The number of hydrogen-bond acceptors (Lipinski definition) is 3. The fraction of sp³-hybridized carbons (Fsp3) is 0.600. The lowest BCUT2D eigenvalue weighted by Gasteiger charge is -2.25. The summed E-state index contributed by atoms with van der Waals surface area (Å²) in [7, 11) is 3.94. The third-order valence-electron chi connectivity index (χ3n) is 5.04. The molecule has 0 atom stereocenters. The van der Waals surface area contributed by atoms with Gasteiger partial charge in [-0.2, -0.15) is 0 Å². The van der Waals surface area contributed by atoms with Crippen molar-refractivity contribution in [3.05, 3.63) is 29.8 Å². The molecule has 0 aromatic heterocycles. The third kappa shape index (κ3) is 4.74. The van der Waals surface area contributed by atoms with Crippen molar-refractivity contribution in [2.75, 3.05) is 45.2 Å². The van der Waals surface area contributed by atoms with E-state index in [1.165, 1.54) is 0 Å². The topological polar surface area (TPSA) is 43.9 Å². The molecule has 0 aliphatic carbocycles. The van der Waals surface area contributed by atoms with E-state index < -0.39 is 0 Å². The van der Waals surface area contributed by atoms with Crippen LogP contribution in [0.25, 0.3) is 0 Å². The molecule has 2 rings (SSSR count). The molecule has 5 heteroatoms. The number of carbonyl (C=O) groups is 2. The summed E-state index contributed by atoms with van der Waals surface area (Å²) in [5.41, 5.74) is 1.73. The van der Waals surface area contributed by atoms with Crippen LogP contribution in [0.4, 0.5) is 5.69 Å². The van der Waals surface area contributed by atoms with Crippen LogP contribution in [0.5, 0.6) is 0 Å². The molecule has 1 saturated heterocycles. The maximum atomic E-state index is 12.9. The molecule has 0 N–H and O–H groups in total. The predicted molar refractivity (Wildman–Crippen MR) is 102 cm³/mol. The zero-order chi connectivity index (χ0) is 18.4. The molecule has 1 heterocycles. The van der Waals surface area contributed by atoms with Crippen LogP contribution in [0.3, 0.4) is 0 Å². The highest BCUT2D eigenvalue weighted by Gasteiger charge is 2.26. The standard InChI is InChI=1S/C20H31N3O2/c1-5-16(6-2)19(24)22-11-8-12-23(14-13-22)20(25)17-9-7-10-18(15-17)21(3)4/h7,9-10,15-16H,5-6,8,11-14H2,1-4H3. The molecule has 1 aromatic carbocycles. The first-order chi connectivity index (χ1) is 12.0. The summed E-state index contributed by atoms with van der Waals surface area (Å²) in [6.45, 7) is 6.83. The fourth-order valence-electron chi connectivity index (χ4n) is 3.34. The molecule has 0 radical (unpaired) electrons. The Hall–Kier alpha value is -2.04. The summed E-state index contributed by atoms with van der Waals surface area (Å²) in [4.78, 5) is 31.3. The Labute approximate surface area is 151 Å². The molecule has 25 heavy (non-hydrogen) atoms. The van der Waals surface area contributed by atoms with E-state index in [1.54, 1.807) is 0 Å². The van der Waals surface area contributed by atoms with Crippen LogP contribution < -0.4 is 4.90 Å². The molecule has 2 amide bonds. The highest BCUT2D eigenvalue weighted by Crippen LogP contribution is 2.18. The van der Waals surface area contributed by atoms with Crippen LogP contribution in [-0.4, -0.2) is 61.9 Å². The minimum Gasteiger partial charge on any atom is -0.378 e. The van der Waals surface area contributed by atoms with Crippen molar-refractivity contribution in [1.29, 1.82) is 0 Å². The second-order valence-corrected chi connectivity index (χ2v) is 6.93. The van der Waals surface area contributed by atoms with Gasteiger partial charge in [0, 0.05) is 57.4 Å². The van der Waals surface area contributed by atoms with Crippen LogP contribution in [0.2, 0.25) is 0 Å². The Morgan fingerprint density at radius 2 is 1.68 bits per heavy atom. The van der Waals surface area contributed by atoms with E-state index in [-0.39, 0.29) is 17.7 Å². The lowest BCUT2D eigenvalue weighted by atomic mass is 10.0. The largest absolute Gasteiger partial charge is 0.378 e. The molecule has 5 nitrogen and oxygen atoms in total. The van der Waals surface area contributed by atoms with Gasteiger partial charge in [0.25, 0.3) is 5.91 Å². The molecule has 0 saturated carbocycles. The van der Waals surface area contributed by atoms with Gasteiger partial charge in [0.1, 0.15) is 0 Å². The predicted octanol–water partition coefficient (Wildman–Crippen LogP) is 2.86. The van der Waals surface area contributed by atoms with Gasteiger partial charge in [-0.25, -0.2) is 0 Å². The highest BCUT2D eigenvalue weighted by atomic mass is 16.2. The van der Waals surface area contributed by atoms with Gasteiger partial charge in [-0.1, -0.05) is 19.9 Å². The van der Waals surface area contributed by atoms with Gasteiger partial charge in [-0.3, -0.25) is 9.59 Å². The number of anilines is 1. The lowest BCUT2D eigenvalue weighted by Crippen LogP contribution is -2.39. The van der Waals surface area contributed by atoms with Gasteiger partial charge in [-0.15, -0.1) is 0 Å². The van der Waals surface area contributed by atoms with Crippen molar-refractivity contribution in [3.63, 3.8) is 0 Å². The second kappa shape index (κ2) is 8.88. The molecule has 0 unspecified atom stereocenters. The number of rotatable bonds is 5. The normalized spacial score (nSPS) is 15.2. The van der Waals surface area contributed by atoms with E-state index in [0.29, 0.717) is 25.2 Å². The zero-order valence-corrected chi connectivity index (χ0v) is 16.0. The molecule has 1 aromatic rings. The van der Waals surface area contributed by atoms with Crippen LogP contribution in [0.1, 0.15) is 43.5 Å². The van der Waals surface area contributed by atoms with E-state index in [2.05, 4.69) is 13.8 Å². The lowest BCUT2D eigenvalue weighted by molar-refractivity contribution is -0.135. The maximum Gasteiger partial charge on any atom is 0.253 e. The van der Waals surface area contributed by atoms with Crippen molar-refractivity contribution in [3.8, 4) is 0 Å². The summed E-state index contributed by atoms with van der Waals surface area (Å²) >= 11 is 0. The second-order valence-electron chi connectivity index (χ2n) is 6.93. The molecule has 0 spiro atoms. The van der Waals surface area contributed by atoms with Gasteiger partial charge in [0.15, 0.2) is 0 Å². The first-order valence-electron chi connectivity index (χ1n) is 9.33. The average molecular weight is 345 g/mol. The van der Waals surface area contributed by atoms with Gasteiger partial charge >= 0.3 is 0 Å². The minimum absolute atomic E-state index is 0.0560. The van der Waals surface area contributed by atoms with E-state index in [0.717, 1.165) is 31.5 Å². The summed E-state index contributed by atoms with van der Waals surface area (Å²) in [6.07, 6.45) is 2.60. The first-order valence-corrected chi connectivity index (χ1v) is 9.33. The number of carbonyl (C=O) groups excluding carboxylic acids is 2. The van der Waals surface area contributed by atoms with Gasteiger partial charge < -0.3 is 14.7 Å². The Bertz CT molecular complexity index is 596. The number of amides is 2. The van der Waals surface area contributed by atoms with Gasteiger partial charge in [0.2, 0.25) is 5.91 Å². The molecule has 1 aliphatic rings. The van der Waals surface area contributed by atoms with Crippen LogP contribution in [-0.2, 0) is 4.79 Å². The molecule has 1 fully saturated rings. The highest BCUT2D eigenvalue weighted by molar-refractivity contribution is 5.95. The van der Waals surface area contributed by atoms with Crippen LogP contribution in [0.15, 0.2) is 24.3 Å². The molecular formula is C20H31N3O2. The number of benzene rings is 1. The quantitative estimate of drug-likeness (QED) is 0.824. The van der Waals surface area contributed by atoms with E-state index in [1.807, 2.05) is 53.1 Å². The Morgan fingerprint density at radius 1 is 1.04 bits per heavy atom. The summed E-state index contributed by atoms with van der Waals surface area (Å²) in [5, 5.41) is 0.